The largest absolute Gasteiger partial charge is 0.181 e. The van der Waals surface area contributed by atoms with Gasteiger partial charge >= 0.3 is 0 Å². The van der Waals surface area contributed by atoms with Gasteiger partial charge < -0.3 is 0 Å². The lowest BCUT2D eigenvalue weighted by Gasteiger charge is -1.16. The van der Waals surface area contributed by atoms with Crippen LogP contribution in [0.2, 0.25) is 0 Å². The summed E-state index contributed by atoms with van der Waals surface area (Å²) in [7, 11) is 0. The summed E-state index contributed by atoms with van der Waals surface area (Å²) in [6.07, 6.45) is 0. The van der Waals surface area contributed by atoms with Gasteiger partial charge in [0, 0.05) is 0 Å². The summed E-state index contributed by atoms with van der Waals surface area (Å²) in [5.74, 6) is 0. The SMILES string of the molecule is N#CC#N.P. The summed E-state index contributed by atoms with van der Waals surface area (Å²) < 4.78 is 0. The van der Waals surface area contributed by atoms with Crippen molar-refractivity contribution in [2.45, 2.75) is 0 Å². The van der Waals surface area contributed by atoms with Crippen molar-refractivity contribution in [3.8, 4) is 12.1 Å². The molecule has 0 bridgehead atoms. The number of hydrogen-bond acceptors (Lipinski definition) is 2. The molecule has 0 aliphatic carbocycles. The third-order valence-corrected chi connectivity index (χ3v) is 0.0500. The van der Waals surface area contributed by atoms with Crippen LogP contribution in [0.15, 0.2) is 0 Å². The van der Waals surface area contributed by atoms with Gasteiger partial charge in [-0.15, -0.1) is 0 Å². The normalized spacial score (nSPS) is 2.00. The first kappa shape index (κ1) is 8.83. The van der Waals surface area contributed by atoms with Crippen LogP contribution in [0.4, 0.5) is 0 Å². The number of rotatable bonds is 0. The van der Waals surface area contributed by atoms with E-state index < -0.39 is 0 Å². The minimum Gasteiger partial charge on any atom is -0.181 e. The first-order valence-electron chi connectivity index (χ1n) is 0.697. The maximum Gasteiger partial charge on any atom is 0.181 e. The highest BCUT2D eigenvalue weighted by Crippen LogP contribution is 1.27. The first-order chi connectivity index (χ1) is 1.91. The van der Waals surface area contributed by atoms with Crippen molar-refractivity contribution >= 4 is 9.90 Å². The molecule has 0 aromatic heterocycles. The Morgan fingerprint density at radius 2 is 1.20 bits per heavy atom. The summed E-state index contributed by atoms with van der Waals surface area (Å²) in [5.41, 5.74) is 0. The van der Waals surface area contributed by atoms with E-state index in [-0.39, 0.29) is 9.90 Å². The van der Waals surface area contributed by atoms with Gasteiger partial charge in [-0.05, 0) is 0 Å². The molecular weight excluding hydrogens is 83.0 g/mol. The van der Waals surface area contributed by atoms with Crippen molar-refractivity contribution in [3.05, 3.63) is 0 Å². The topological polar surface area (TPSA) is 47.6 Å². The first-order valence-corrected chi connectivity index (χ1v) is 0.697. The van der Waals surface area contributed by atoms with E-state index in [1.807, 2.05) is 0 Å². The maximum absolute atomic E-state index is 7.26. The Morgan fingerprint density at radius 1 is 1.00 bits per heavy atom. The van der Waals surface area contributed by atoms with Crippen molar-refractivity contribution < 1.29 is 0 Å². The average molecular weight is 86.0 g/mol. The fourth-order valence-electron chi connectivity index (χ4n) is 0. The number of hydrogen-bond donors (Lipinski definition) is 0. The Kier molecular flexibility index (Phi) is 17.6. The van der Waals surface area contributed by atoms with Crippen molar-refractivity contribution in [3.63, 3.8) is 0 Å². The summed E-state index contributed by atoms with van der Waals surface area (Å²) in [5, 5.41) is 14.5. The Bertz CT molecular complexity index is 62.6. The molecule has 0 saturated heterocycles. The molecule has 0 aliphatic rings. The number of nitriles is 2. The van der Waals surface area contributed by atoms with Crippen LogP contribution in [0.3, 0.4) is 0 Å². The van der Waals surface area contributed by atoms with Gasteiger partial charge in [0.1, 0.15) is 0 Å². The lowest BCUT2D eigenvalue weighted by molar-refractivity contribution is 1.49. The van der Waals surface area contributed by atoms with Crippen LogP contribution in [-0.2, 0) is 0 Å². The van der Waals surface area contributed by atoms with Gasteiger partial charge in [0.15, 0.2) is 12.1 Å². The van der Waals surface area contributed by atoms with Crippen molar-refractivity contribution in [2.75, 3.05) is 0 Å². The van der Waals surface area contributed by atoms with Crippen molar-refractivity contribution in [1.29, 1.82) is 10.5 Å². The summed E-state index contributed by atoms with van der Waals surface area (Å²) >= 11 is 0. The van der Waals surface area contributed by atoms with Gasteiger partial charge in [0.05, 0.1) is 0 Å². The molecule has 1 unspecified atom stereocenters. The van der Waals surface area contributed by atoms with E-state index in [2.05, 4.69) is 0 Å². The highest BCUT2D eigenvalue weighted by Gasteiger charge is 1.39. The molecule has 0 rings (SSSR count). The van der Waals surface area contributed by atoms with E-state index >= 15 is 0 Å². The van der Waals surface area contributed by atoms with Crippen molar-refractivity contribution in [1.82, 2.24) is 0 Å². The quantitative estimate of drug-likeness (QED) is 0.392. The molecule has 0 N–H and O–H groups in total. The van der Waals surface area contributed by atoms with E-state index in [1.54, 1.807) is 0 Å². The van der Waals surface area contributed by atoms with E-state index in [4.69, 9.17) is 10.5 Å². The Morgan fingerprint density at radius 3 is 1.20 bits per heavy atom. The zero-order chi connectivity index (χ0) is 3.41. The highest BCUT2D eigenvalue weighted by molar-refractivity contribution is 6.92. The molecule has 0 aromatic rings. The van der Waals surface area contributed by atoms with Crippen LogP contribution in [-0.4, -0.2) is 0 Å². The second-order valence-corrected chi connectivity index (χ2v) is 0.224. The fraction of sp³-hybridized carbons (Fsp3) is 0. The van der Waals surface area contributed by atoms with Gasteiger partial charge in [-0.2, -0.15) is 20.4 Å². The van der Waals surface area contributed by atoms with E-state index in [1.165, 1.54) is 12.1 Å². The standard InChI is InChI=1S/C2N2.H3P/c3-1-2-4;/h;1H3. The lowest BCUT2D eigenvalue weighted by atomic mass is 10.9. The van der Waals surface area contributed by atoms with Gasteiger partial charge in [0.25, 0.3) is 0 Å². The molecule has 5 heavy (non-hydrogen) atoms. The van der Waals surface area contributed by atoms with Crippen LogP contribution >= 0.6 is 9.90 Å². The summed E-state index contributed by atoms with van der Waals surface area (Å²) in [6, 6.07) is 2.47. The zero-order valence-electron chi connectivity index (χ0n) is 2.60. The third kappa shape index (κ3) is 40.3. The molecule has 0 fully saturated rings. The molecule has 2 nitrogen and oxygen atoms in total. The minimum atomic E-state index is 0. The van der Waals surface area contributed by atoms with Crippen LogP contribution in [0.25, 0.3) is 0 Å². The summed E-state index contributed by atoms with van der Waals surface area (Å²) in [4.78, 5) is 0. The molecule has 0 aliphatic heterocycles. The average Bonchev–Trinajstić information content (AvgIpc) is 1.37. The van der Waals surface area contributed by atoms with E-state index in [0.29, 0.717) is 0 Å². The second kappa shape index (κ2) is 9.96. The molecule has 0 amide bonds. The predicted molar refractivity (Wildman–Crippen MR) is 22.3 cm³/mol. The summed E-state index contributed by atoms with van der Waals surface area (Å²) in [6.45, 7) is 0. The zero-order valence-corrected chi connectivity index (χ0v) is 4.02. The molecule has 3 heteroatoms. The Balaban J connectivity index is 0. The van der Waals surface area contributed by atoms with Gasteiger partial charge in [-0.3, -0.25) is 0 Å². The van der Waals surface area contributed by atoms with E-state index in [0.717, 1.165) is 0 Å². The molecule has 0 saturated carbocycles. The third-order valence-electron chi connectivity index (χ3n) is 0.0500. The molecule has 1 atom stereocenters. The Hall–Kier alpha value is -0.590. The number of nitrogens with zero attached hydrogens (tertiary/aromatic N) is 2. The monoisotopic (exact) mass is 86.0 g/mol. The molecule has 0 aromatic carbocycles. The molecular formula is C2H3N2P. The molecule has 0 heterocycles. The molecule has 26 valence electrons. The lowest BCUT2D eigenvalue weighted by Crippen LogP contribution is -1.26. The highest BCUT2D eigenvalue weighted by atomic mass is 31.0. The molecule has 0 radical (unpaired) electrons. The smallest absolute Gasteiger partial charge is 0.181 e. The predicted octanol–water partition coefficient (Wildman–Crippen LogP) is 0.0917. The van der Waals surface area contributed by atoms with Crippen LogP contribution in [0.5, 0.6) is 0 Å². The van der Waals surface area contributed by atoms with Crippen LogP contribution < -0.4 is 0 Å². The maximum atomic E-state index is 7.26. The van der Waals surface area contributed by atoms with E-state index in [9.17, 15) is 0 Å². The second-order valence-electron chi connectivity index (χ2n) is 0.224. The van der Waals surface area contributed by atoms with Gasteiger partial charge in [-0.1, -0.05) is 0 Å². The fourth-order valence-corrected chi connectivity index (χ4v) is 0. The van der Waals surface area contributed by atoms with Crippen molar-refractivity contribution in [2.24, 2.45) is 0 Å². The molecule has 0 spiro atoms. The van der Waals surface area contributed by atoms with Gasteiger partial charge in [-0.25, -0.2) is 0 Å². The Labute approximate surface area is 33.6 Å². The van der Waals surface area contributed by atoms with Crippen LogP contribution in [0.1, 0.15) is 0 Å². The van der Waals surface area contributed by atoms with Gasteiger partial charge in [0.2, 0.25) is 0 Å². The van der Waals surface area contributed by atoms with Crippen LogP contribution in [0, 0.1) is 22.7 Å². The minimum absolute atomic E-state index is 0.